The molecule has 0 aromatic heterocycles. The fourth-order valence-electron chi connectivity index (χ4n) is 7.93. The summed E-state index contributed by atoms with van der Waals surface area (Å²) in [5, 5.41) is 21.0. The zero-order valence-corrected chi connectivity index (χ0v) is 22.4. The molecule has 1 saturated carbocycles. The number of carbonyl (C=O) groups excluding carboxylic acids is 3. The number of hydrogen-bond acceptors (Lipinski definition) is 10. The number of fused-ring (bicyclic) bond motifs is 2. The maximum absolute atomic E-state index is 13.2. The lowest BCUT2D eigenvalue weighted by atomic mass is 9.51. The van der Waals surface area contributed by atoms with Crippen LogP contribution < -0.4 is 0 Å². The number of carbonyl (C=O) groups is 3. The molecule has 8 atom stereocenters. The van der Waals surface area contributed by atoms with Crippen LogP contribution in [0.2, 0.25) is 0 Å². The average Bonchev–Trinajstić information content (AvgIpc) is 3.69. The first-order valence-electron chi connectivity index (χ1n) is 13.8. The second kappa shape index (κ2) is 9.34. The first-order valence-corrected chi connectivity index (χ1v) is 13.8. The smallest absolute Gasteiger partial charge is 0.330 e. The topological polar surface area (TPSA) is 141 Å². The van der Waals surface area contributed by atoms with Gasteiger partial charge in [-0.25, -0.2) is 9.59 Å². The van der Waals surface area contributed by atoms with E-state index in [9.17, 15) is 24.6 Å². The summed E-state index contributed by atoms with van der Waals surface area (Å²) in [6.45, 7) is 3.90. The van der Waals surface area contributed by atoms with Gasteiger partial charge < -0.3 is 33.9 Å². The van der Waals surface area contributed by atoms with Gasteiger partial charge >= 0.3 is 11.9 Å². The minimum atomic E-state index is -1.51. The van der Waals surface area contributed by atoms with Crippen LogP contribution in [0.4, 0.5) is 0 Å². The highest BCUT2D eigenvalue weighted by Crippen LogP contribution is 2.72. The monoisotopic (exact) mass is 544 g/mol. The predicted octanol–water partition coefficient (Wildman–Crippen LogP) is 1.47. The third kappa shape index (κ3) is 3.75. The van der Waals surface area contributed by atoms with E-state index in [1.807, 2.05) is 13.0 Å². The molecule has 6 aliphatic rings. The molecule has 39 heavy (non-hydrogen) atoms. The van der Waals surface area contributed by atoms with Gasteiger partial charge in [0.05, 0.1) is 37.4 Å². The van der Waals surface area contributed by atoms with Gasteiger partial charge in [-0.1, -0.05) is 19.1 Å². The lowest BCUT2D eigenvalue weighted by molar-refractivity contribution is -0.232. The predicted molar refractivity (Wildman–Crippen MR) is 134 cm³/mol. The van der Waals surface area contributed by atoms with E-state index in [0.717, 1.165) is 5.57 Å². The Labute approximate surface area is 226 Å². The summed E-state index contributed by atoms with van der Waals surface area (Å²) in [5.74, 6) is -1.51. The molecule has 2 spiro atoms. The maximum Gasteiger partial charge on any atom is 0.330 e. The number of aliphatic hydroxyl groups excluding tert-OH is 2. The molecule has 2 N–H and O–H groups in total. The van der Waals surface area contributed by atoms with Crippen molar-refractivity contribution >= 4 is 17.7 Å². The van der Waals surface area contributed by atoms with Crippen molar-refractivity contribution in [3.8, 4) is 0 Å². The fraction of sp³-hybridized carbons (Fsp3) is 0.690. The highest BCUT2D eigenvalue weighted by molar-refractivity contribution is 5.88. The minimum absolute atomic E-state index is 0.0296. The number of allylic oxidation sites excluding steroid dienone is 1. The van der Waals surface area contributed by atoms with Gasteiger partial charge in [-0.2, -0.15) is 0 Å². The van der Waals surface area contributed by atoms with Crippen molar-refractivity contribution < 1.29 is 48.3 Å². The normalized spacial score (nSPS) is 47.7. The van der Waals surface area contributed by atoms with Gasteiger partial charge in [0.25, 0.3) is 0 Å². The van der Waals surface area contributed by atoms with Crippen molar-refractivity contribution in [3.05, 3.63) is 35.5 Å². The fourth-order valence-corrected chi connectivity index (χ4v) is 7.93. The van der Waals surface area contributed by atoms with Crippen LogP contribution in [-0.2, 0) is 38.1 Å². The molecule has 0 aromatic carbocycles. The molecule has 4 heterocycles. The van der Waals surface area contributed by atoms with Gasteiger partial charge in [-0.15, -0.1) is 0 Å². The standard InChI is InChI=1S/C29H36O10/c1-17(31)28-8-4-3-5-23(32)39-20-13-22-29(16-37-29)26(20,2)27(9-6-18(14-30)11-21(27)38-22)15-35-24(33)12-19(25(28)34)7-10-36-28/h3,5,11-12,20-22,25,30,34H,4,6-10,13-16H2,1-2H3/b5-3-,19-12-/t20-,21-,22-,25-,26+,27-,28-,29-/m1/s1. The number of epoxide rings is 1. The summed E-state index contributed by atoms with van der Waals surface area (Å²) in [7, 11) is 0. The van der Waals surface area contributed by atoms with Crippen LogP contribution in [0.5, 0.6) is 0 Å². The second-order valence-corrected chi connectivity index (χ2v) is 11.9. The number of aliphatic hydroxyl groups is 2. The van der Waals surface area contributed by atoms with E-state index in [1.165, 1.54) is 19.1 Å². The van der Waals surface area contributed by atoms with Crippen LogP contribution in [0, 0.1) is 10.8 Å². The summed E-state index contributed by atoms with van der Waals surface area (Å²) < 4.78 is 30.5. The van der Waals surface area contributed by atoms with Gasteiger partial charge in [-0.05, 0) is 50.2 Å². The van der Waals surface area contributed by atoms with Crippen molar-refractivity contribution in [1.29, 1.82) is 0 Å². The van der Waals surface area contributed by atoms with Crippen LogP contribution in [0.1, 0.15) is 52.4 Å². The van der Waals surface area contributed by atoms with Gasteiger partial charge in [0.15, 0.2) is 11.4 Å². The summed E-state index contributed by atoms with van der Waals surface area (Å²) in [5.41, 5.74) is -2.45. The summed E-state index contributed by atoms with van der Waals surface area (Å²) in [6.07, 6.45) is 5.79. The molecule has 4 bridgehead atoms. The van der Waals surface area contributed by atoms with E-state index < -0.39 is 52.3 Å². The van der Waals surface area contributed by atoms with Crippen LogP contribution in [0.15, 0.2) is 35.5 Å². The molecule has 0 aromatic rings. The van der Waals surface area contributed by atoms with Crippen LogP contribution >= 0.6 is 0 Å². The third-order valence-corrected chi connectivity index (χ3v) is 10.4. The molecule has 4 fully saturated rings. The van der Waals surface area contributed by atoms with Gasteiger partial charge in [0.2, 0.25) is 0 Å². The molecule has 0 unspecified atom stereocenters. The maximum atomic E-state index is 13.2. The molecule has 212 valence electrons. The summed E-state index contributed by atoms with van der Waals surface area (Å²) in [4.78, 5) is 38.9. The molecule has 10 heteroatoms. The molecule has 6 rings (SSSR count). The van der Waals surface area contributed by atoms with E-state index in [1.54, 1.807) is 6.08 Å². The Balaban J connectivity index is 1.42. The Bertz CT molecular complexity index is 1170. The Morgan fingerprint density at radius 2 is 1.90 bits per heavy atom. The largest absolute Gasteiger partial charge is 0.462 e. The Morgan fingerprint density at radius 3 is 2.62 bits per heavy atom. The third-order valence-electron chi connectivity index (χ3n) is 10.4. The minimum Gasteiger partial charge on any atom is -0.462 e. The van der Waals surface area contributed by atoms with E-state index >= 15 is 0 Å². The number of hydrogen-bond donors (Lipinski definition) is 2. The Kier molecular flexibility index (Phi) is 6.43. The molecular weight excluding hydrogens is 508 g/mol. The van der Waals surface area contributed by atoms with E-state index in [2.05, 4.69) is 0 Å². The van der Waals surface area contributed by atoms with Crippen molar-refractivity contribution in [1.82, 2.24) is 0 Å². The first-order chi connectivity index (χ1) is 18.6. The zero-order valence-electron chi connectivity index (χ0n) is 22.4. The van der Waals surface area contributed by atoms with Crippen molar-refractivity contribution in [3.63, 3.8) is 0 Å². The molecule has 3 saturated heterocycles. The number of ketones is 1. The molecule has 10 nitrogen and oxygen atoms in total. The number of esters is 2. The Morgan fingerprint density at radius 1 is 1.10 bits per heavy atom. The quantitative estimate of drug-likeness (QED) is 0.298. The molecular formula is C29H36O10. The van der Waals surface area contributed by atoms with E-state index in [4.69, 9.17) is 23.7 Å². The lowest BCUT2D eigenvalue weighted by Gasteiger charge is -2.58. The molecule has 2 aliphatic carbocycles. The molecule has 0 amide bonds. The summed E-state index contributed by atoms with van der Waals surface area (Å²) >= 11 is 0. The second-order valence-electron chi connectivity index (χ2n) is 11.9. The van der Waals surface area contributed by atoms with Crippen molar-refractivity contribution in [2.75, 3.05) is 26.4 Å². The van der Waals surface area contributed by atoms with Crippen LogP contribution in [0.3, 0.4) is 0 Å². The SMILES string of the molecule is CC(=O)[C@@]12CC/C=C\C(=O)O[C@@H]3C[C@H]4O[C@@H]5C=C(CO)CC[C@]5(COC(=O)/C=C(/CCO1)[C@H]2O)[C@@]3(C)[C@@]41CO1. The van der Waals surface area contributed by atoms with Gasteiger partial charge in [0.1, 0.15) is 24.4 Å². The van der Waals surface area contributed by atoms with Gasteiger partial charge in [0, 0.05) is 24.0 Å². The van der Waals surface area contributed by atoms with Gasteiger partial charge in [-0.3, -0.25) is 4.79 Å². The first kappa shape index (κ1) is 26.8. The highest BCUT2D eigenvalue weighted by Gasteiger charge is 2.83. The number of ether oxygens (including phenoxy) is 5. The number of Topliss-reactive ketones (excluding diaryl/α,β-unsaturated/α-hetero) is 1. The summed E-state index contributed by atoms with van der Waals surface area (Å²) in [6, 6.07) is 0. The van der Waals surface area contributed by atoms with E-state index in [-0.39, 0.29) is 51.0 Å². The molecule has 4 aliphatic heterocycles. The van der Waals surface area contributed by atoms with Crippen molar-refractivity contribution in [2.45, 2.75) is 88.0 Å². The van der Waals surface area contributed by atoms with Crippen molar-refractivity contribution in [2.24, 2.45) is 10.8 Å². The zero-order chi connectivity index (χ0) is 27.6. The molecule has 0 radical (unpaired) electrons. The lowest BCUT2D eigenvalue weighted by Crippen LogP contribution is -2.66. The highest BCUT2D eigenvalue weighted by atomic mass is 16.6. The Hall–Kier alpha value is -2.37. The van der Waals surface area contributed by atoms with Crippen LogP contribution in [0.25, 0.3) is 0 Å². The van der Waals surface area contributed by atoms with Crippen LogP contribution in [-0.4, -0.2) is 90.0 Å². The number of cyclic esters (lactones) is 1. The average molecular weight is 545 g/mol. The van der Waals surface area contributed by atoms with E-state index in [0.29, 0.717) is 31.4 Å². The number of rotatable bonds is 2.